The minimum absolute atomic E-state index is 0.0211. The Kier molecular flexibility index (Phi) is 5.83. The number of fused-ring (bicyclic) bond motifs is 1. The number of carbonyl (C=O) groups is 1. The zero-order chi connectivity index (χ0) is 23.8. The molecule has 1 aliphatic rings. The quantitative estimate of drug-likeness (QED) is 0.430. The number of nitrogens with two attached hydrogens (primary N) is 1. The average Bonchev–Trinajstić information content (AvgIpc) is 3.21. The van der Waals surface area contributed by atoms with Crippen molar-refractivity contribution < 1.29 is 18.0 Å². The van der Waals surface area contributed by atoms with Crippen LogP contribution in [0.1, 0.15) is 29.4 Å². The van der Waals surface area contributed by atoms with E-state index >= 15 is 0 Å². The molecule has 34 heavy (non-hydrogen) atoms. The van der Waals surface area contributed by atoms with Gasteiger partial charge in [0.15, 0.2) is 11.4 Å². The van der Waals surface area contributed by atoms with E-state index in [0.717, 1.165) is 42.9 Å². The third-order valence-corrected chi connectivity index (χ3v) is 6.13. The van der Waals surface area contributed by atoms with E-state index in [-0.39, 0.29) is 35.3 Å². The number of halogens is 2. The summed E-state index contributed by atoms with van der Waals surface area (Å²) >= 11 is 0. The standard InChI is InChI=1S/C26H24F2N4O2/c1-15-9-17(29)14-32(13-15)22-7-8-30-12-16(22)10-23(33)20-5-6-24-21(31-20)11-25(34-24)26-18(27)3-2-4-19(26)28/h2-8,11-12,15,17H,9-10,13-14,29H2,1H3/t15-,17+/m1/s1. The second-order valence-corrected chi connectivity index (χ2v) is 8.90. The molecule has 1 aliphatic heterocycles. The molecule has 3 aromatic heterocycles. The number of piperidine rings is 1. The third kappa shape index (κ3) is 4.28. The lowest BCUT2D eigenvalue weighted by atomic mass is 9.95. The molecule has 2 N–H and O–H groups in total. The molecule has 6 nitrogen and oxygen atoms in total. The number of anilines is 1. The molecule has 5 rings (SSSR count). The topological polar surface area (TPSA) is 85.2 Å². The van der Waals surface area contributed by atoms with Crippen molar-refractivity contribution in [1.29, 1.82) is 0 Å². The van der Waals surface area contributed by atoms with Gasteiger partial charge in [0.05, 0.1) is 5.56 Å². The van der Waals surface area contributed by atoms with Crippen LogP contribution in [-0.4, -0.2) is 34.9 Å². The first-order chi connectivity index (χ1) is 16.4. The maximum atomic E-state index is 14.2. The van der Waals surface area contributed by atoms with Gasteiger partial charge in [0.25, 0.3) is 0 Å². The van der Waals surface area contributed by atoms with E-state index in [1.807, 2.05) is 6.07 Å². The number of furan rings is 1. The van der Waals surface area contributed by atoms with Gasteiger partial charge in [-0.1, -0.05) is 13.0 Å². The molecule has 0 aliphatic carbocycles. The van der Waals surface area contributed by atoms with Crippen LogP contribution < -0.4 is 10.6 Å². The SMILES string of the molecule is C[C@@H]1C[C@H](N)CN(c2ccncc2CC(=O)c2ccc3oc(-c4c(F)cccc4F)cc3n2)C1. The summed E-state index contributed by atoms with van der Waals surface area (Å²) < 4.78 is 33.9. The van der Waals surface area contributed by atoms with Crippen LogP contribution in [0.2, 0.25) is 0 Å². The van der Waals surface area contributed by atoms with E-state index in [1.54, 1.807) is 24.5 Å². The molecule has 0 saturated carbocycles. The molecule has 0 unspecified atom stereocenters. The van der Waals surface area contributed by atoms with Crippen LogP contribution in [0.5, 0.6) is 0 Å². The molecule has 0 amide bonds. The van der Waals surface area contributed by atoms with E-state index in [4.69, 9.17) is 10.2 Å². The van der Waals surface area contributed by atoms with Crippen molar-refractivity contribution >= 4 is 22.6 Å². The summed E-state index contributed by atoms with van der Waals surface area (Å²) in [6.07, 6.45) is 4.51. The van der Waals surface area contributed by atoms with E-state index in [9.17, 15) is 13.6 Å². The Labute approximate surface area is 195 Å². The van der Waals surface area contributed by atoms with Gasteiger partial charge < -0.3 is 15.1 Å². The van der Waals surface area contributed by atoms with E-state index < -0.39 is 11.6 Å². The highest BCUT2D eigenvalue weighted by Crippen LogP contribution is 2.31. The fourth-order valence-electron chi connectivity index (χ4n) is 4.66. The van der Waals surface area contributed by atoms with Gasteiger partial charge in [-0.15, -0.1) is 0 Å². The molecule has 174 valence electrons. The normalized spacial score (nSPS) is 18.4. The number of benzene rings is 1. The van der Waals surface area contributed by atoms with Crippen LogP contribution in [0.25, 0.3) is 22.4 Å². The molecule has 8 heteroatoms. The van der Waals surface area contributed by atoms with Crippen LogP contribution in [-0.2, 0) is 6.42 Å². The molecular formula is C26H24F2N4O2. The lowest BCUT2D eigenvalue weighted by Crippen LogP contribution is -2.46. The molecule has 0 spiro atoms. The zero-order valence-corrected chi connectivity index (χ0v) is 18.7. The monoisotopic (exact) mass is 462 g/mol. The number of aromatic nitrogens is 2. The van der Waals surface area contributed by atoms with Gasteiger partial charge in [-0.25, -0.2) is 13.8 Å². The Morgan fingerprint density at radius 2 is 1.97 bits per heavy atom. The molecule has 2 atom stereocenters. The van der Waals surface area contributed by atoms with Crippen molar-refractivity contribution in [2.75, 3.05) is 18.0 Å². The molecule has 1 saturated heterocycles. The number of carbonyl (C=O) groups excluding carboxylic acids is 1. The van der Waals surface area contributed by atoms with E-state index in [0.29, 0.717) is 17.0 Å². The summed E-state index contributed by atoms with van der Waals surface area (Å²) in [5, 5.41) is 0. The molecule has 4 aromatic rings. The fourth-order valence-corrected chi connectivity index (χ4v) is 4.66. The minimum atomic E-state index is -0.730. The Morgan fingerprint density at radius 3 is 2.74 bits per heavy atom. The first-order valence-corrected chi connectivity index (χ1v) is 11.2. The second-order valence-electron chi connectivity index (χ2n) is 8.90. The molecule has 1 fully saturated rings. The Balaban J connectivity index is 1.42. The van der Waals surface area contributed by atoms with Crippen LogP contribution in [0.3, 0.4) is 0 Å². The molecule has 1 aromatic carbocycles. The molecule has 4 heterocycles. The predicted octanol–water partition coefficient (Wildman–Crippen LogP) is 4.77. The second kappa shape index (κ2) is 8.95. The van der Waals surface area contributed by atoms with Crippen molar-refractivity contribution in [2.24, 2.45) is 11.7 Å². The van der Waals surface area contributed by atoms with Crippen LogP contribution in [0.4, 0.5) is 14.5 Å². The van der Waals surface area contributed by atoms with E-state index in [1.165, 1.54) is 12.1 Å². The Morgan fingerprint density at radius 1 is 1.18 bits per heavy atom. The highest BCUT2D eigenvalue weighted by atomic mass is 19.1. The summed E-state index contributed by atoms with van der Waals surface area (Å²) in [5.41, 5.74) is 8.65. The highest BCUT2D eigenvalue weighted by Gasteiger charge is 2.25. The molecular weight excluding hydrogens is 438 g/mol. The summed E-state index contributed by atoms with van der Waals surface area (Å²) in [6.45, 7) is 3.77. The first-order valence-electron chi connectivity index (χ1n) is 11.2. The number of Topliss-reactive ketones (excluding diaryl/α,β-unsaturated/α-hetero) is 1. The average molecular weight is 463 g/mol. The van der Waals surface area contributed by atoms with Gasteiger partial charge in [0, 0.05) is 55.3 Å². The molecule has 0 bridgehead atoms. The highest BCUT2D eigenvalue weighted by molar-refractivity contribution is 5.98. The number of hydrogen-bond donors (Lipinski definition) is 1. The first kappa shape index (κ1) is 22.2. The maximum Gasteiger partial charge on any atom is 0.185 e. The number of hydrogen-bond acceptors (Lipinski definition) is 6. The lowest BCUT2D eigenvalue weighted by Gasteiger charge is -2.37. The van der Waals surface area contributed by atoms with Gasteiger partial charge in [-0.2, -0.15) is 0 Å². The lowest BCUT2D eigenvalue weighted by molar-refractivity contribution is 0.0988. The summed E-state index contributed by atoms with van der Waals surface area (Å²) in [5.74, 6) is -1.17. The zero-order valence-electron chi connectivity index (χ0n) is 18.7. The van der Waals surface area contributed by atoms with Gasteiger partial charge in [0.1, 0.15) is 28.6 Å². The Bertz CT molecular complexity index is 1340. The number of nitrogens with zero attached hydrogens (tertiary/aromatic N) is 3. The number of rotatable bonds is 5. The molecule has 0 radical (unpaired) electrons. The summed E-state index contributed by atoms with van der Waals surface area (Å²) in [6, 6.07) is 10.2. The van der Waals surface area contributed by atoms with Gasteiger partial charge in [0.2, 0.25) is 0 Å². The van der Waals surface area contributed by atoms with Gasteiger partial charge in [-0.05, 0) is 42.7 Å². The van der Waals surface area contributed by atoms with Crippen LogP contribution >= 0.6 is 0 Å². The smallest absolute Gasteiger partial charge is 0.185 e. The van der Waals surface area contributed by atoms with Crippen molar-refractivity contribution in [3.8, 4) is 11.3 Å². The third-order valence-electron chi connectivity index (χ3n) is 6.13. The van der Waals surface area contributed by atoms with Crippen molar-refractivity contribution in [3.05, 3.63) is 77.8 Å². The van der Waals surface area contributed by atoms with E-state index in [2.05, 4.69) is 21.8 Å². The van der Waals surface area contributed by atoms with Gasteiger partial charge >= 0.3 is 0 Å². The summed E-state index contributed by atoms with van der Waals surface area (Å²) in [7, 11) is 0. The van der Waals surface area contributed by atoms with Crippen LogP contribution in [0, 0.1) is 17.6 Å². The fraction of sp³-hybridized carbons (Fsp3) is 0.269. The van der Waals surface area contributed by atoms with Gasteiger partial charge in [-0.3, -0.25) is 9.78 Å². The van der Waals surface area contributed by atoms with Crippen molar-refractivity contribution in [1.82, 2.24) is 9.97 Å². The number of pyridine rings is 2. The summed E-state index contributed by atoms with van der Waals surface area (Å²) in [4.78, 5) is 23.9. The number of ketones is 1. The van der Waals surface area contributed by atoms with Crippen LogP contribution in [0.15, 0.2) is 59.3 Å². The largest absolute Gasteiger partial charge is 0.454 e. The van der Waals surface area contributed by atoms with Crippen molar-refractivity contribution in [2.45, 2.75) is 25.8 Å². The van der Waals surface area contributed by atoms with Crippen molar-refractivity contribution in [3.63, 3.8) is 0 Å². The maximum absolute atomic E-state index is 14.2. The Hall–Kier alpha value is -3.65. The predicted molar refractivity (Wildman–Crippen MR) is 126 cm³/mol. The minimum Gasteiger partial charge on any atom is -0.454 e.